The predicted molar refractivity (Wildman–Crippen MR) is 87.4 cm³/mol. The quantitative estimate of drug-likeness (QED) is 0.744. The van der Waals surface area contributed by atoms with Crippen LogP contribution in [0, 0.1) is 0 Å². The third kappa shape index (κ3) is 3.57. The lowest BCUT2D eigenvalue weighted by Gasteiger charge is -2.04. The number of hydrogen-bond donors (Lipinski definition) is 2. The summed E-state index contributed by atoms with van der Waals surface area (Å²) in [5.41, 5.74) is 7.66. The number of fused-ring (bicyclic) bond motifs is 1. The smallest absolute Gasteiger partial charge is 0.248 e. The molecule has 0 aliphatic carbocycles. The third-order valence-electron chi connectivity index (χ3n) is 3.42. The lowest BCUT2D eigenvalue weighted by molar-refractivity contribution is 0.100. The molecule has 0 aliphatic rings. The molecule has 0 aliphatic heterocycles. The van der Waals surface area contributed by atoms with Crippen molar-refractivity contribution in [2.75, 3.05) is 0 Å². The molecule has 0 radical (unpaired) electrons. The second-order valence-corrected chi connectivity index (χ2v) is 7.36. The molecule has 6 nitrogen and oxygen atoms in total. The first kappa shape index (κ1) is 15.2. The number of amides is 1. The molecule has 2 aromatic carbocycles. The van der Waals surface area contributed by atoms with E-state index in [9.17, 15) is 13.2 Å². The Morgan fingerprint density at radius 2 is 1.74 bits per heavy atom. The van der Waals surface area contributed by atoms with E-state index in [0.29, 0.717) is 17.0 Å². The van der Waals surface area contributed by atoms with Crippen molar-refractivity contribution in [3.8, 4) is 0 Å². The summed E-state index contributed by atoms with van der Waals surface area (Å²) in [6, 6.07) is 13.6. The first-order valence-corrected chi connectivity index (χ1v) is 8.78. The van der Waals surface area contributed by atoms with Gasteiger partial charge in [0.2, 0.25) is 5.91 Å². The standard InChI is InChI=1S/C16H15N3O3S/c17-16(20)12-7-5-11(6-8-12)9-23(21,22)10-15-18-13-3-1-2-4-14(13)19-15/h1-8H,9-10H2,(H2,17,20)(H,18,19). The summed E-state index contributed by atoms with van der Waals surface area (Å²) in [7, 11) is -3.38. The van der Waals surface area contributed by atoms with Crippen LogP contribution in [-0.2, 0) is 21.3 Å². The first-order valence-electron chi connectivity index (χ1n) is 6.96. The highest BCUT2D eigenvalue weighted by Crippen LogP contribution is 2.15. The molecule has 0 atom stereocenters. The zero-order chi connectivity index (χ0) is 16.4. The van der Waals surface area contributed by atoms with Crippen molar-refractivity contribution < 1.29 is 13.2 Å². The van der Waals surface area contributed by atoms with Crippen LogP contribution in [0.3, 0.4) is 0 Å². The predicted octanol–water partition coefficient (Wildman–Crippen LogP) is 1.78. The molecular weight excluding hydrogens is 314 g/mol. The maximum atomic E-state index is 12.3. The molecular formula is C16H15N3O3S. The lowest BCUT2D eigenvalue weighted by atomic mass is 10.1. The van der Waals surface area contributed by atoms with Gasteiger partial charge in [-0.15, -0.1) is 0 Å². The summed E-state index contributed by atoms with van der Waals surface area (Å²) in [5, 5.41) is 0. The Hall–Kier alpha value is -2.67. The molecule has 3 aromatic rings. The second-order valence-electron chi connectivity index (χ2n) is 5.29. The second kappa shape index (κ2) is 5.85. The zero-order valence-corrected chi connectivity index (χ0v) is 13.0. The average molecular weight is 329 g/mol. The van der Waals surface area contributed by atoms with Crippen molar-refractivity contribution >= 4 is 26.8 Å². The van der Waals surface area contributed by atoms with E-state index in [-0.39, 0.29) is 11.5 Å². The van der Waals surface area contributed by atoms with Gasteiger partial charge in [0.05, 0.1) is 16.8 Å². The minimum atomic E-state index is -3.38. The molecule has 0 bridgehead atoms. The van der Waals surface area contributed by atoms with Crippen LogP contribution in [0.1, 0.15) is 21.7 Å². The number of carbonyl (C=O) groups is 1. The summed E-state index contributed by atoms with van der Waals surface area (Å²) < 4.78 is 24.6. The van der Waals surface area contributed by atoms with Crippen LogP contribution >= 0.6 is 0 Å². The van der Waals surface area contributed by atoms with E-state index < -0.39 is 15.7 Å². The molecule has 23 heavy (non-hydrogen) atoms. The number of imidazole rings is 1. The van der Waals surface area contributed by atoms with Gasteiger partial charge in [0.25, 0.3) is 0 Å². The summed E-state index contributed by atoms with van der Waals surface area (Å²) in [6.45, 7) is 0. The maximum Gasteiger partial charge on any atom is 0.248 e. The molecule has 0 unspecified atom stereocenters. The number of nitrogens with two attached hydrogens (primary N) is 1. The molecule has 1 aromatic heterocycles. The van der Waals surface area contributed by atoms with E-state index in [0.717, 1.165) is 11.0 Å². The molecule has 3 N–H and O–H groups in total. The van der Waals surface area contributed by atoms with E-state index >= 15 is 0 Å². The van der Waals surface area contributed by atoms with Gasteiger partial charge in [0.1, 0.15) is 11.6 Å². The molecule has 0 fully saturated rings. The van der Waals surface area contributed by atoms with Gasteiger partial charge in [-0.25, -0.2) is 13.4 Å². The number of sulfone groups is 1. The Balaban J connectivity index is 1.77. The Kier molecular flexibility index (Phi) is 3.87. The number of nitrogens with zero attached hydrogens (tertiary/aromatic N) is 1. The van der Waals surface area contributed by atoms with Gasteiger partial charge in [-0.1, -0.05) is 24.3 Å². The minimum Gasteiger partial charge on any atom is -0.366 e. The normalized spacial score (nSPS) is 11.7. The summed E-state index contributed by atoms with van der Waals surface area (Å²) >= 11 is 0. The number of primary amides is 1. The molecule has 0 spiro atoms. The number of nitrogens with one attached hydrogen (secondary N) is 1. The van der Waals surface area contributed by atoms with Crippen LogP contribution in [0.5, 0.6) is 0 Å². The highest BCUT2D eigenvalue weighted by molar-refractivity contribution is 7.89. The Morgan fingerprint density at radius 1 is 1.04 bits per heavy atom. The molecule has 0 saturated heterocycles. The van der Waals surface area contributed by atoms with Gasteiger partial charge in [-0.05, 0) is 29.8 Å². The number of aromatic amines is 1. The zero-order valence-electron chi connectivity index (χ0n) is 12.2. The molecule has 0 saturated carbocycles. The van der Waals surface area contributed by atoms with Gasteiger partial charge in [0.15, 0.2) is 9.84 Å². The Labute approximate surface area is 133 Å². The van der Waals surface area contributed by atoms with Gasteiger partial charge in [-0.3, -0.25) is 4.79 Å². The SMILES string of the molecule is NC(=O)c1ccc(CS(=O)(=O)Cc2nc3ccccc3[nH]2)cc1. The van der Waals surface area contributed by atoms with Crippen LogP contribution < -0.4 is 5.73 Å². The van der Waals surface area contributed by atoms with E-state index in [1.807, 2.05) is 24.3 Å². The van der Waals surface area contributed by atoms with Crippen LogP contribution in [-0.4, -0.2) is 24.3 Å². The molecule has 1 heterocycles. The maximum absolute atomic E-state index is 12.3. The molecule has 118 valence electrons. The number of carbonyl (C=O) groups excluding carboxylic acids is 1. The number of aromatic nitrogens is 2. The van der Waals surface area contributed by atoms with E-state index in [1.165, 1.54) is 12.1 Å². The molecule has 7 heteroatoms. The van der Waals surface area contributed by atoms with Gasteiger partial charge < -0.3 is 10.7 Å². The van der Waals surface area contributed by atoms with E-state index in [4.69, 9.17) is 5.73 Å². The Morgan fingerprint density at radius 3 is 2.39 bits per heavy atom. The van der Waals surface area contributed by atoms with Crippen molar-refractivity contribution in [1.29, 1.82) is 0 Å². The van der Waals surface area contributed by atoms with Crippen molar-refractivity contribution in [1.82, 2.24) is 9.97 Å². The Bertz CT molecular complexity index is 927. The van der Waals surface area contributed by atoms with Crippen LogP contribution in [0.4, 0.5) is 0 Å². The fourth-order valence-corrected chi connectivity index (χ4v) is 3.71. The highest BCUT2D eigenvalue weighted by Gasteiger charge is 2.16. The van der Waals surface area contributed by atoms with Crippen molar-refractivity contribution in [2.45, 2.75) is 11.5 Å². The summed E-state index contributed by atoms with van der Waals surface area (Å²) in [6.07, 6.45) is 0. The largest absolute Gasteiger partial charge is 0.366 e. The lowest BCUT2D eigenvalue weighted by Crippen LogP contribution is -2.11. The number of H-pyrrole nitrogens is 1. The first-order chi connectivity index (χ1) is 10.9. The summed E-state index contributed by atoms with van der Waals surface area (Å²) in [5.74, 6) is -0.413. The van der Waals surface area contributed by atoms with Crippen molar-refractivity contribution in [3.05, 3.63) is 65.5 Å². The van der Waals surface area contributed by atoms with Gasteiger partial charge in [-0.2, -0.15) is 0 Å². The highest BCUT2D eigenvalue weighted by atomic mass is 32.2. The number of hydrogen-bond acceptors (Lipinski definition) is 4. The average Bonchev–Trinajstić information content (AvgIpc) is 2.88. The van der Waals surface area contributed by atoms with E-state index in [2.05, 4.69) is 9.97 Å². The fraction of sp³-hybridized carbons (Fsp3) is 0.125. The topological polar surface area (TPSA) is 106 Å². The number of benzene rings is 2. The van der Waals surface area contributed by atoms with Crippen LogP contribution in [0.15, 0.2) is 48.5 Å². The van der Waals surface area contributed by atoms with Crippen molar-refractivity contribution in [2.24, 2.45) is 5.73 Å². The van der Waals surface area contributed by atoms with Gasteiger partial charge in [0, 0.05) is 5.56 Å². The fourth-order valence-electron chi connectivity index (χ4n) is 2.35. The minimum absolute atomic E-state index is 0.122. The third-order valence-corrected chi connectivity index (χ3v) is 4.91. The summed E-state index contributed by atoms with van der Waals surface area (Å²) in [4.78, 5) is 18.3. The molecule has 3 rings (SSSR count). The number of para-hydroxylation sites is 2. The van der Waals surface area contributed by atoms with Crippen molar-refractivity contribution in [3.63, 3.8) is 0 Å². The van der Waals surface area contributed by atoms with Crippen LogP contribution in [0.25, 0.3) is 11.0 Å². The number of rotatable bonds is 5. The van der Waals surface area contributed by atoms with Gasteiger partial charge >= 0.3 is 0 Å². The molecule has 1 amide bonds. The monoisotopic (exact) mass is 329 g/mol. The van der Waals surface area contributed by atoms with E-state index in [1.54, 1.807) is 12.1 Å². The van der Waals surface area contributed by atoms with Crippen LogP contribution in [0.2, 0.25) is 0 Å².